The van der Waals surface area contributed by atoms with Gasteiger partial charge in [-0.2, -0.15) is 0 Å². The monoisotopic (exact) mass is 264 g/mol. The van der Waals surface area contributed by atoms with Gasteiger partial charge in [0.15, 0.2) is 0 Å². The molecule has 1 aliphatic heterocycles. The fourth-order valence-electron chi connectivity index (χ4n) is 1.60. The molecule has 18 heavy (non-hydrogen) atoms. The number of nitrogens with zero attached hydrogens (tertiary/aromatic N) is 1. The molecule has 0 saturated carbocycles. The van der Waals surface area contributed by atoms with Crippen LogP contribution in [-0.4, -0.2) is 35.7 Å². The lowest BCUT2D eigenvalue weighted by atomic mass is 10.2. The van der Waals surface area contributed by atoms with Crippen molar-refractivity contribution >= 4 is 35.1 Å². The Kier molecular flexibility index (Phi) is 3.57. The molecule has 5 nitrogen and oxygen atoms in total. The van der Waals surface area contributed by atoms with Crippen LogP contribution in [0.2, 0.25) is 0 Å². The van der Waals surface area contributed by atoms with Gasteiger partial charge in [-0.3, -0.25) is 19.7 Å². The smallest absolute Gasteiger partial charge is 0.247 e. The molecule has 0 aromatic carbocycles. The van der Waals surface area contributed by atoms with Crippen LogP contribution in [0.25, 0.3) is 6.08 Å². The quantitative estimate of drug-likeness (QED) is 0.627. The molecule has 2 heterocycles. The molecule has 0 aliphatic carbocycles. The Morgan fingerprint density at radius 1 is 1.39 bits per heavy atom. The molecule has 1 aromatic heterocycles. The van der Waals surface area contributed by atoms with Gasteiger partial charge in [0, 0.05) is 11.0 Å². The third kappa shape index (κ3) is 2.84. The molecule has 1 aliphatic rings. The predicted molar refractivity (Wildman–Crippen MR) is 67.8 cm³/mol. The predicted octanol–water partition coefficient (Wildman–Crippen LogP) is 0.555. The number of aryl methyl sites for hydroxylation is 1. The SMILES string of the molecule is Cc1ccsc1C=CC(=O)N1CC(=O)NC(=O)C1. The average molecular weight is 264 g/mol. The van der Waals surface area contributed by atoms with Gasteiger partial charge in [-0.25, -0.2) is 0 Å². The van der Waals surface area contributed by atoms with Crippen molar-refractivity contribution in [3.8, 4) is 0 Å². The Morgan fingerprint density at radius 3 is 2.61 bits per heavy atom. The zero-order valence-electron chi connectivity index (χ0n) is 9.80. The number of carbonyl (C=O) groups is 3. The molecular formula is C12H12N2O3S. The minimum atomic E-state index is -0.444. The lowest BCUT2D eigenvalue weighted by molar-refractivity contribution is -0.143. The summed E-state index contributed by atoms with van der Waals surface area (Å²) in [6.45, 7) is 1.81. The summed E-state index contributed by atoms with van der Waals surface area (Å²) < 4.78 is 0. The van der Waals surface area contributed by atoms with E-state index in [-0.39, 0.29) is 19.0 Å². The van der Waals surface area contributed by atoms with Crippen LogP contribution in [0.1, 0.15) is 10.4 Å². The Bertz CT molecular complexity index is 517. The lowest BCUT2D eigenvalue weighted by Gasteiger charge is -2.24. The number of imide groups is 1. The fraction of sp³-hybridized carbons (Fsp3) is 0.250. The van der Waals surface area contributed by atoms with Gasteiger partial charge in [0.1, 0.15) is 13.1 Å². The molecule has 0 spiro atoms. The molecule has 0 unspecified atom stereocenters. The number of carbonyl (C=O) groups excluding carboxylic acids is 3. The molecule has 1 fully saturated rings. The van der Waals surface area contributed by atoms with Crippen LogP contribution >= 0.6 is 11.3 Å². The highest BCUT2D eigenvalue weighted by atomic mass is 32.1. The Balaban J connectivity index is 2.04. The van der Waals surface area contributed by atoms with E-state index in [9.17, 15) is 14.4 Å². The van der Waals surface area contributed by atoms with Crippen molar-refractivity contribution in [1.29, 1.82) is 0 Å². The number of hydrogen-bond donors (Lipinski definition) is 1. The van der Waals surface area contributed by atoms with Crippen molar-refractivity contribution in [2.75, 3.05) is 13.1 Å². The summed E-state index contributed by atoms with van der Waals surface area (Å²) in [5.41, 5.74) is 1.09. The molecule has 1 aromatic rings. The van der Waals surface area contributed by atoms with Crippen LogP contribution in [0.15, 0.2) is 17.5 Å². The molecule has 0 atom stereocenters. The summed E-state index contributed by atoms with van der Waals surface area (Å²) in [6.07, 6.45) is 3.10. The molecule has 0 radical (unpaired) electrons. The molecule has 0 bridgehead atoms. The van der Waals surface area contributed by atoms with Crippen LogP contribution in [-0.2, 0) is 14.4 Å². The molecule has 1 saturated heterocycles. The number of thiophene rings is 1. The Hall–Kier alpha value is -1.95. The largest absolute Gasteiger partial charge is 0.321 e. The first-order chi connectivity index (χ1) is 8.56. The van der Waals surface area contributed by atoms with Crippen LogP contribution < -0.4 is 5.32 Å². The molecular weight excluding hydrogens is 252 g/mol. The molecule has 1 N–H and O–H groups in total. The number of nitrogens with one attached hydrogen (secondary N) is 1. The van der Waals surface area contributed by atoms with E-state index in [4.69, 9.17) is 0 Å². The highest BCUT2D eigenvalue weighted by molar-refractivity contribution is 7.11. The second-order valence-electron chi connectivity index (χ2n) is 3.97. The molecule has 2 rings (SSSR count). The second kappa shape index (κ2) is 5.14. The van der Waals surface area contributed by atoms with Gasteiger partial charge in [-0.1, -0.05) is 0 Å². The molecule has 6 heteroatoms. The van der Waals surface area contributed by atoms with Gasteiger partial charge in [-0.15, -0.1) is 11.3 Å². The average Bonchev–Trinajstić information content (AvgIpc) is 2.70. The van der Waals surface area contributed by atoms with Crippen molar-refractivity contribution in [2.24, 2.45) is 0 Å². The summed E-state index contributed by atoms with van der Waals surface area (Å²) in [6, 6.07) is 1.96. The standard InChI is InChI=1S/C12H12N2O3S/c1-8-4-5-18-9(8)2-3-12(17)14-6-10(15)13-11(16)7-14/h2-5H,6-7H2,1H3,(H,13,15,16). The number of piperazine rings is 1. The first-order valence-corrected chi connectivity index (χ1v) is 6.28. The Labute approximate surface area is 108 Å². The van der Waals surface area contributed by atoms with Crippen molar-refractivity contribution in [2.45, 2.75) is 6.92 Å². The first-order valence-electron chi connectivity index (χ1n) is 5.40. The highest BCUT2D eigenvalue weighted by Crippen LogP contribution is 2.17. The van der Waals surface area contributed by atoms with Gasteiger partial charge in [0.2, 0.25) is 17.7 Å². The topological polar surface area (TPSA) is 66.5 Å². The van der Waals surface area contributed by atoms with Gasteiger partial charge in [-0.05, 0) is 30.0 Å². The maximum absolute atomic E-state index is 11.8. The van der Waals surface area contributed by atoms with Gasteiger partial charge in [0.05, 0.1) is 0 Å². The van der Waals surface area contributed by atoms with E-state index in [0.717, 1.165) is 10.4 Å². The summed E-state index contributed by atoms with van der Waals surface area (Å²) >= 11 is 1.54. The van der Waals surface area contributed by atoms with Crippen LogP contribution in [0, 0.1) is 6.92 Å². The second-order valence-corrected chi connectivity index (χ2v) is 4.91. The molecule has 3 amide bonds. The van der Waals surface area contributed by atoms with Crippen LogP contribution in [0.4, 0.5) is 0 Å². The first kappa shape index (κ1) is 12.5. The van der Waals surface area contributed by atoms with Crippen molar-refractivity contribution in [3.05, 3.63) is 28.0 Å². The Morgan fingerprint density at radius 2 is 2.06 bits per heavy atom. The van der Waals surface area contributed by atoms with E-state index in [1.54, 1.807) is 6.08 Å². The summed E-state index contributed by atoms with van der Waals surface area (Å²) in [7, 11) is 0. The van der Waals surface area contributed by atoms with Crippen molar-refractivity contribution in [3.63, 3.8) is 0 Å². The van der Waals surface area contributed by atoms with Gasteiger partial charge in [0.25, 0.3) is 0 Å². The summed E-state index contributed by atoms with van der Waals surface area (Å²) in [5.74, 6) is -1.22. The fourth-order valence-corrected chi connectivity index (χ4v) is 2.42. The number of amides is 3. The number of hydrogen-bond acceptors (Lipinski definition) is 4. The van der Waals surface area contributed by atoms with Crippen molar-refractivity contribution < 1.29 is 14.4 Å². The van der Waals surface area contributed by atoms with E-state index < -0.39 is 11.8 Å². The normalized spacial score (nSPS) is 16.2. The third-order valence-electron chi connectivity index (χ3n) is 2.54. The van der Waals surface area contributed by atoms with E-state index in [0.29, 0.717) is 0 Å². The van der Waals surface area contributed by atoms with Gasteiger partial charge >= 0.3 is 0 Å². The maximum Gasteiger partial charge on any atom is 0.247 e. The minimum absolute atomic E-state index is 0.0711. The number of rotatable bonds is 2. The highest BCUT2D eigenvalue weighted by Gasteiger charge is 2.24. The zero-order valence-corrected chi connectivity index (χ0v) is 10.6. The van der Waals surface area contributed by atoms with E-state index >= 15 is 0 Å². The third-order valence-corrected chi connectivity index (χ3v) is 3.52. The maximum atomic E-state index is 11.8. The molecule has 94 valence electrons. The summed E-state index contributed by atoms with van der Waals surface area (Å²) in [4.78, 5) is 36.3. The van der Waals surface area contributed by atoms with Crippen LogP contribution in [0.3, 0.4) is 0 Å². The summed E-state index contributed by atoms with van der Waals surface area (Å²) in [5, 5.41) is 4.09. The van der Waals surface area contributed by atoms with Gasteiger partial charge < -0.3 is 4.90 Å². The zero-order chi connectivity index (χ0) is 13.1. The van der Waals surface area contributed by atoms with Crippen molar-refractivity contribution in [1.82, 2.24) is 10.2 Å². The minimum Gasteiger partial charge on any atom is -0.321 e. The lowest BCUT2D eigenvalue weighted by Crippen LogP contribution is -2.52. The van der Waals surface area contributed by atoms with E-state index in [1.807, 2.05) is 18.4 Å². The van der Waals surface area contributed by atoms with E-state index in [1.165, 1.54) is 22.3 Å². The van der Waals surface area contributed by atoms with Crippen LogP contribution in [0.5, 0.6) is 0 Å². The van der Waals surface area contributed by atoms with E-state index in [2.05, 4.69) is 5.32 Å².